The van der Waals surface area contributed by atoms with Gasteiger partial charge in [-0.2, -0.15) is 11.8 Å². The highest BCUT2D eigenvalue weighted by Gasteiger charge is 2.23. The molecule has 1 saturated heterocycles. The highest BCUT2D eigenvalue weighted by Crippen LogP contribution is 2.21. The first-order valence-electron chi connectivity index (χ1n) is 6.96. The van der Waals surface area contributed by atoms with Crippen LogP contribution in [0.15, 0.2) is 29.2 Å². The summed E-state index contributed by atoms with van der Waals surface area (Å²) in [5, 5.41) is 3.29. The molecule has 112 valence electrons. The first-order chi connectivity index (χ1) is 9.53. The molecule has 2 unspecified atom stereocenters. The molecule has 0 amide bonds. The van der Waals surface area contributed by atoms with Crippen molar-refractivity contribution in [3.05, 3.63) is 29.8 Å². The number of hydrogen-bond acceptors (Lipinski definition) is 4. The molecule has 1 aromatic rings. The molecule has 1 aliphatic heterocycles. The number of nitrogens with one attached hydrogen (secondary N) is 2. The molecule has 4 nitrogen and oxygen atoms in total. The van der Waals surface area contributed by atoms with E-state index in [4.69, 9.17) is 0 Å². The predicted molar refractivity (Wildman–Crippen MR) is 84.6 cm³/mol. The number of thioether (sulfide) groups is 1. The number of benzene rings is 1. The zero-order valence-corrected chi connectivity index (χ0v) is 13.6. The van der Waals surface area contributed by atoms with Crippen molar-refractivity contribution in [1.29, 1.82) is 0 Å². The Morgan fingerprint density at radius 1 is 1.45 bits per heavy atom. The Labute approximate surface area is 125 Å². The van der Waals surface area contributed by atoms with Crippen molar-refractivity contribution in [2.45, 2.75) is 37.2 Å². The van der Waals surface area contributed by atoms with E-state index in [-0.39, 0.29) is 12.1 Å². The molecule has 1 aliphatic rings. The largest absolute Gasteiger partial charge is 0.310 e. The molecule has 6 heteroatoms. The number of rotatable bonds is 6. The summed E-state index contributed by atoms with van der Waals surface area (Å²) in [5.74, 6) is 1.90. The van der Waals surface area contributed by atoms with E-state index in [0.717, 1.165) is 30.0 Å². The fraction of sp³-hybridized carbons (Fsp3) is 0.571. The van der Waals surface area contributed by atoms with Crippen LogP contribution in [0, 0.1) is 0 Å². The lowest BCUT2D eigenvalue weighted by Crippen LogP contribution is -2.34. The van der Waals surface area contributed by atoms with Gasteiger partial charge in [0.2, 0.25) is 10.0 Å². The maximum atomic E-state index is 12.4. The summed E-state index contributed by atoms with van der Waals surface area (Å²) in [4.78, 5) is 0.358. The molecule has 2 N–H and O–H groups in total. The van der Waals surface area contributed by atoms with Gasteiger partial charge in [-0.25, -0.2) is 13.1 Å². The predicted octanol–water partition coefficient (Wildman–Crippen LogP) is 2.14. The molecule has 1 aromatic carbocycles. The summed E-state index contributed by atoms with van der Waals surface area (Å²) in [6.45, 7) is 4.93. The van der Waals surface area contributed by atoms with Crippen molar-refractivity contribution < 1.29 is 8.42 Å². The minimum Gasteiger partial charge on any atom is -0.310 e. The molecule has 0 bridgehead atoms. The van der Waals surface area contributed by atoms with Gasteiger partial charge in [-0.3, -0.25) is 0 Å². The van der Waals surface area contributed by atoms with Gasteiger partial charge in [0.1, 0.15) is 0 Å². The van der Waals surface area contributed by atoms with E-state index in [9.17, 15) is 8.42 Å². The minimum atomic E-state index is -3.41. The molecule has 0 aliphatic carbocycles. The van der Waals surface area contributed by atoms with Gasteiger partial charge in [0.05, 0.1) is 4.90 Å². The molecule has 0 spiro atoms. The fourth-order valence-electron chi connectivity index (χ4n) is 2.29. The van der Waals surface area contributed by atoms with Gasteiger partial charge in [0.25, 0.3) is 0 Å². The highest BCUT2D eigenvalue weighted by atomic mass is 32.2. The molecule has 0 radical (unpaired) electrons. The summed E-state index contributed by atoms with van der Waals surface area (Å²) >= 11 is 1.80. The van der Waals surface area contributed by atoms with E-state index < -0.39 is 10.0 Å². The molecule has 0 saturated carbocycles. The van der Waals surface area contributed by atoms with Gasteiger partial charge < -0.3 is 5.32 Å². The Morgan fingerprint density at radius 2 is 2.25 bits per heavy atom. The van der Waals surface area contributed by atoms with Crippen LogP contribution in [0.3, 0.4) is 0 Å². The average Bonchev–Trinajstić information content (AvgIpc) is 2.91. The summed E-state index contributed by atoms with van der Waals surface area (Å²) < 4.78 is 27.6. The van der Waals surface area contributed by atoms with Crippen molar-refractivity contribution in [3.8, 4) is 0 Å². The quantitative estimate of drug-likeness (QED) is 0.844. The Kier molecular flexibility index (Phi) is 5.49. The van der Waals surface area contributed by atoms with Gasteiger partial charge >= 0.3 is 0 Å². The fourth-order valence-corrected chi connectivity index (χ4v) is 4.87. The third-order valence-electron chi connectivity index (χ3n) is 3.43. The van der Waals surface area contributed by atoms with Crippen LogP contribution in [0.25, 0.3) is 0 Å². The molecule has 2 rings (SSSR count). The van der Waals surface area contributed by atoms with Crippen LogP contribution in [-0.4, -0.2) is 32.5 Å². The van der Waals surface area contributed by atoms with Crippen LogP contribution in [0.5, 0.6) is 0 Å². The van der Waals surface area contributed by atoms with Gasteiger partial charge in [0.15, 0.2) is 0 Å². The maximum Gasteiger partial charge on any atom is 0.240 e. The average molecular weight is 314 g/mol. The second-order valence-electron chi connectivity index (χ2n) is 5.03. The summed E-state index contributed by atoms with van der Waals surface area (Å²) in [5.41, 5.74) is 0.996. The minimum absolute atomic E-state index is 0.0693. The highest BCUT2D eigenvalue weighted by molar-refractivity contribution is 7.99. The van der Waals surface area contributed by atoms with Crippen molar-refractivity contribution >= 4 is 21.8 Å². The third-order valence-corrected chi connectivity index (χ3v) is 6.11. The van der Waals surface area contributed by atoms with E-state index in [1.807, 2.05) is 19.9 Å². The Balaban J connectivity index is 2.16. The molecular formula is C14H22N2O2S2. The van der Waals surface area contributed by atoms with E-state index in [2.05, 4.69) is 10.0 Å². The standard InChI is InChI=1S/C14H22N2O2S2/c1-3-15-11(2)12-5-4-6-14(9-12)20(17,18)16-13-7-8-19-10-13/h4-6,9,11,13,15-16H,3,7-8,10H2,1-2H3. The van der Waals surface area contributed by atoms with E-state index in [1.165, 1.54) is 0 Å². The van der Waals surface area contributed by atoms with Crippen molar-refractivity contribution in [2.24, 2.45) is 0 Å². The summed E-state index contributed by atoms with van der Waals surface area (Å²) in [6.07, 6.45) is 0.914. The molecule has 20 heavy (non-hydrogen) atoms. The van der Waals surface area contributed by atoms with Crippen LogP contribution >= 0.6 is 11.8 Å². The Hall–Kier alpha value is -0.560. The molecule has 0 aromatic heterocycles. The van der Waals surface area contributed by atoms with Gasteiger partial charge in [-0.1, -0.05) is 19.1 Å². The number of sulfonamides is 1. The molecule has 1 heterocycles. The lowest BCUT2D eigenvalue weighted by Gasteiger charge is -2.16. The second-order valence-corrected chi connectivity index (χ2v) is 7.90. The first kappa shape index (κ1) is 15.8. The van der Waals surface area contributed by atoms with Crippen molar-refractivity contribution in [3.63, 3.8) is 0 Å². The van der Waals surface area contributed by atoms with E-state index in [0.29, 0.717) is 4.90 Å². The zero-order valence-electron chi connectivity index (χ0n) is 11.9. The monoisotopic (exact) mass is 314 g/mol. The van der Waals surface area contributed by atoms with Crippen LogP contribution in [-0.2, 0) is 10.0 Å². The topological polar surface area (TPSA) is 58.2 Å². The van der Waals surface area contributed by atoms with Crippen LogP contribution < -0.4 is 10.0 Å². The van der Waals surface area contributed by atoms with Gasteiger partial charge in [-0.05, 0) is 43.3 Å². The number of hydrogen-bond donors (Lipinski definition) is 2. The Bertz CT molecular complexity index is 540. The first-order valence-corrected chi connectivity index (χ1v) is 9.60. The third kappa shape index (κ3) is 3.97. The van der Waals surface area contributed by atoms with Crippen LogP contribution in [0.4, 0.5) is 0 Å². The van der Waals surface area contributed by atoms with Crippen LogP contribution in [0.2, 0.25) is 0 Å². The van der Waals surface area contributed by atoms with Gasteiger partial charge in [0, 0.05) is 17.8 Å². The van der Waals surface area contributed by atoms with Gasteiger partial charge in [-0.15, -0.1) is 0 Å². The molecule has 2 atom stereocenters. The lowest BCUT2D eigenvalue weighted by atomic mass is 10.1. The molecule has 1 fully saturated rings. The second kappa shape index (κ2) is 6.93. The summed E-state index contributed by atoms with van der Waals surface area (Å²) in [6, 6.07) is 7.40. The van der Waals surface area contributed by atoms with Crippen molar-refractivity contribution in [1.82, 2.24) is 10.0 Å². The lowest BCUT2D eigenvalue weighted by molar-refractivity contribution is 0.562. The zero-order chi connectivity index (χ0) is 14.6. The van der Waals surface area contributed by atoms with E-state index in [1.54, 1.807) is 30.0 Å². The maximum absolute atomic E-state index is 12.4. The normalized spacial score (nSPS) is 21.0. The van der Waals surface area contributed by atoms with E-state index >= 15 is 0 Å². The molecular weight excluding hydrogens is 292 g/mol. The van der Waals surface area contributed by atoms with Crippen molar-refractivity contribution in [2.75, 3.05) is 18.1 Å². The van der Waals surface area contributed by atoms with Crippen LogP contribution in [0.1, 0.15) is 31.9 Å². The SMILES string of the molecule is CCNC(C)c1cccc(S(=O)(=O)NC2CCSC2)c1. The Morgan fingerprint density at radius 3 is 2.90 bits per heavy atom. The summed E-state index contributed by atoms with van der Waals surface area (Å²) in [7, 11) is -3.41. The smallest absolute Gasteiger partial charge is 0.240 e.